The molecule has 1 heterocycles. The van der Waals surface area contributed by atoms with E-state index < -0.39 is 0 Å². The molecule has 2 aromatic rings. The standard InChI is InChI=1S/C17H24BrN3/c1-4-21-17(16(18)12-20-21)10-15(11-19-13(2)3)14-8-6-5-7-9-14/h5-9,12-13,15,19H,4,10-11H2,1-3H3. The summed E-state index contributed by atoms with van der Waals surface area (Å²) in [5, 5.41) is 7.99. The van der Waals surface area contributed by atoms with Crippen molar-refractivity contribution >= 4 is 15.9 Å². The first kappa shape index (κ1) is 16.2. The molecule has 21 heavy (non-hydrogen) atoms. The Labute approximate surface area is 135 Å². The van der Waals surface area contributed by atoms with E-state index >= 15 is 0 Å². The van der Waals surface area contributed by atoms with Crippen molar-refractivity contribution in [2.24, 2.45) is 0 Å². The molecule has 1 N–H and O–H groups in total. The van der Waals surface area contributed by atoms with Crippen LogP contribution in [-0.2, 0) is 13.0 Å². The van der Waals surface area contributed by atoms with Gasteiger partial charge in [0, 0.05) is 25.0 Å². The highest BCUT2D eigenvalue weighted by Crippen LogP contribution is 2.25. The zero-order valence-electron chi connectivity index (χ0n) is 13.0. The lowest BCUT2D eigenvalue weighted by molar-refractivity contribution is 0.509. The Morgan fingerprint density at radius 3 is 2.57 bits per heavy atom. The summed E-state index contributed by atoms with van der Waals surface area (Å²) in [4.78, 5) is 0. The van der Waals surface area contributed by atoms with Crippen molar-refractivity contribution < 1.29 is 0 Å². The lowest BCUT2D eigenvalue weighted by atomic mass is 9.94. The Hall–Kier alpha value is -1.13. The topological polar surface area (TPSA) is 29.9 Å². The van der Waals surface area contributed by atoms with Crippen molar-refractivity contribution in [2.45, 2.75) is 45.7 Å². The van der Waals surface area contributed by atoms with Gasteiger partial charge >= 0.3 is 0 Å². The lowest BCUT2D eigenvalue weighted by Crippen LogP contribution is -2.29. The molecule has 0 bridgehead atoms. The van der Waals surface area contributed by atoms with Gasteiger partial charge in [0.1, 0.15) is 0 Å². The third kappa shape index (κ3) is 4.42. The molecule has 0 spiro atoms. The Morgan fingerprint density at radius 1 is 1.24 bits per heavy atom. The first-order chi connectivity index (χ1) is 10.1. The predicted molar refractivity (Wildman–Crippen MR) is 91.6 cm³/mol. The van der Waals surface area contributed by atoms with Gasteiger partial charge in [0.05, 0.1) is 16.4 Å². The van der Waals surface area contributed by atoms with E-state index in [4.69, 9.17) is 0 Å². The number of nitrogens with zero attached hydrogens (tertiary/aromatic N) is 2. The predicted octanol–water partition coefficient (Wildman–Crippen LogP) is 3.99. The van der Waals surface area contributed by atoms with E-state index in [0.717, 1.165) is 24.0 Å². The van der Waals surface area contributed by atoms with Crippen LogP contribution in [0, 0.1) is 0 Å². The van der Waals surface area contributed by atoms with Crippen LogP contribution in [0.5, 0.6) is 0 Å². The maximum atomic E-state index is 4.43. The van der Waals surface area contributed by atoms with Gasteiger partial charge in [0.15, 0.2) is 0 Å². The van der Waals surface area contributed by atoms with Gasteiger partial charge in [0.2, 0.25) is 0 Å². The fraction of sp³-hybridized carbons (Fsp3) is 0.471. The van der Waals surface area contributed by atoms with E-state index in [2.05, 4.69) is 82.1 Å². The van der Waals surface area contributed by atoms with E-state index in [-0.39, 0.29) is 0 Å². The normalized spacial score (nSPS) is 12.8. The number of benzene rings is 1. The van der Waals surface area contributed by atoms with Gasteiger partial charge in [-0.05, 0) is 34.8 Å². The second kappa shape index (κ2) is 7.76. The minimum atomic E-state index is 0.451. The van der Waals surface area contributed by atoms with Gasteiger partial charge in [-0.1, -0.05) is 44.2 Å². The van der Waals surface area contributed by atoms with Crippen LogP contribution in [0.15, 0.2) is 41.0 Å². The SMILES string of the molecule is CCn1ncc(Br)c1CC(CNC(C)C)c1ccccc1. The summed E-state index contributed by atoms with van der Waals surface area (Å²) in [7, 11) is 0. The molecule has 0 saturated heterocycles. The fourth-order valence-electron chi connectivity index (χ4n) is 2.51. The molecule has 1 unspecified atom stereocenters. The molecule has 1 aromatic carbocycles. The highest BCUT2D eigenvalue weighted by molar-refractivity contribution is 9.10. The second-order valence-corrected chi connectivity index (χ2v) is 6.48. The summed E-state index contributed by atoms with van der Waals surface area (Å²) in [6.45, 7) is 8.39. The van der Waals surface area contributed by atoms with Crippen LogP contribution in [-0.4, -0.2) is 22.4 Å². The van der Waals surface area contributed by atoms with Gasteiger partial charge in [-0.2, -0.15) is 5.10 Å². The third-order valence-corrected chi connectivity index (χ3v) is 4.34. The zero-order chi connectivity index (χ0) is 15.2. The summed E-state index contributed by atoms with van der Waals surface area (Å²) in [5.74, 6) is 0.451. The van der Waals surface area contributed by atoms with Crippen molar-refractivity contribution in [3.8, 4) is 0 Å². The average molecular weight is 350 g/mol. The summed E-state index contributed by atoms with van der Waals surface area (Å²) in [6.07, 6.45) is 2.88. The van der Waals surface area contributed by atoms with E-state index in [1.807, 2.05) is 6.20 Å². The van der Waals surface area contributed by atoms with Gasteiger partial charge < -0.3 is 5.32 Å². The summed E-state index contributed by atoms with van der Waals surface area (Å²) >= 11 is 3.64. The van der Waals surface area contributed by atoms with Crippen molar-refractivity contribution in [1.29, 1.82) is 0 Å². The molecule has 1 aromatic heterocycles. The van der Waals surface area contributed by atoms with Gasteiger partial charge in [-0.25, -0.2) is 0 Å². The molecule has 1 atom stereocenters. The number of halogens is 1. The Morgan fingerprint density at radius 2 is 1.95 bits per heavy atom. The molecule has 2 rings (SSSR count). The minimum Gasteiger partial charge on any atom is -0.314 e. The van der Waals surface area contributed by atoms with Crippen molar-refractivity contribution in [2.75, 3.05) is 6.54 Å². The molecule has 3 nitrogen and oxygen atoms in total. The zero-order valence-corrected chi connectivity index (χ0v) is 14.6. The van der Waals surface area contributed by atoms with Crippen molar-refractivity contribution in [1.82, 2.24) is 15.1 Å². The van der Waals surface area contributed by atoms with Crippen LogP contribution in [0.2, 0.25) is 0 Å². The molecule has 4 heteroatoms. The fourth-order valence-corrected chi connectivity index (χ4v) is 2.97. The number of nitrogens with one attached hydrogen (secondary N) is 1. The molecule has 0 radical (unpaired) electrons. The Bertz CT molecular complexity index is 548. The first-order valence-corrected chi connectivity index (χ1v) is 8.39. The molecule has 0 amide bonds. The van der Waals surface area contributed by atoms with Gasteiger partial charge in [0.25, 0.3) is 0 Å². The third-order valence-electron chi connectivity index (χ3n) is 3.68. The smallest absolute Gasteiger partial charge is 0.0635 e. The molecule has 114 valence electrons. The summed E-state index contributed by atoms with van der Waals surface area (Å²) in [6, 6.07) is 11.2. The van der Waals surface area contributed by atoms with Crippen LogP contribution in [0.3, 0.4) is 0 Å². The molecular weight excluding hydrogens is 326 g/mol. The Kier molecular flexibility index (Phi) is 6.00. The van der Waals surface area contributed by atoms with Crippen LogP contribution in [0.1, 0.15) is 37.9 Å². The first-order valence-electron chi connectivity index (χ1n) is 7.60. The maximum absolute atomic E-state index is 4.43. The molecule has 0 saturated carbocycles. The maximum Gasteiger partial charge on any atom is 0.0635 e. The van der Waals surface area contributed by atoms with Crippen LogP contribution in [0.4, 0.5) is 0 Å². The van der Waals surface area contributed by atoms with Crippen LogP contribution < -0.4 is 5.32 Å². The average Bonchev–Trinajstić information content (AvgIpc) is 2.84. The molecule has 0 aliphatic rings. The number of aromatic nitrogens is 2. The summed E-state index contributed by atoms with van der Waals surface area (Å²) in [5.41, 5.74) is 2.65. The number of rotatable bonds is 7. The van der Waals surface area contributed by atoms with Crippen molar-refractivity contribution in [3.05, 3.63) is 52.3 Å². The monoisotopic (exact) mass is 349 g/mol. The van der Waals surface area contributed by atoms with E-state index in [1.54, 1.807) is 0 Å². The van der Waals surface area contributed by atoms with Crippen molar-refractivity contribution in [3.63, 3.8) is 0 Å². The quantitative estimate of drug-likeness (QED) is 0.818. The van der Waals surface area contributed by atoms with E-state index in [0.29, 0.717) is 12.0 Å². The lowest BCUT2D eigenvalue weighted by Gasteiger charge is -2.20. The van der Waals surface area contributed by atoms with Crippen LogP contribution in [0.25, 0.3) is 0 Å². The molecule has 0 fully saturated rings. The number of hydrogen-bond acceptors (Lipinski definition) is 2. The second-order valence-electron chi connectivity index (χ2n) is 5.63. The Balaban J connectivity index is 2.21. The molecular formula is C17H24BrN3. The largest absolute Gasteiger partial charge is 0.314 e. The summed E-state index contributed by atoms with van der Waals surface area (Å²) < 4.78 is 3.19. The van der Waals surface area contributed by atoms with Crippen LogP contribution >= 0.6 is 15.9 Å². The van der Waals surface area contributed by atoms with E-state index in [1.165, 1.54) is 11.3 Å². The highest BCUT2D eigenvalue weighted by atomic mass is 79.9. The number of hydrogen-bond donors (Lipinski definition) is 1. The van der Waals surface area contributed by atoms with Gasteiger partial charge in [-0.15, -0.1) is 0 Å². The molecule has 0 aliphatic carbocycles. The number of aryl methyl sites for hydroxylation is 1. The van der Waals surface area contributed by atoms with E-state index in [9.17, 15) is 0 Å². The molecule has 0 aliphatic heterocycles. The highest BCUT2D eigenvalue weighted by Gasteiger charge is 2.17. The minimum absolute atomic E-state index is 0.451. The van der Waals surface area contributed by atoms with Gasteiger partial charge in [-0.3, -0.25) is 4.68 Å².